The van der Waals surface area contributed by atoms with Crippen molar-refractivity contribution in [1.29, 1.82) is 0 Å². The van der Waals surface area contributed by atoms with Crippen LogP contribution in [-0.2, 0) is 9.59 Å². The quantitative estimate of drug-likeness (QED) is 0.682. The summed E-state index contributed by atoms with van der Waals surface area (Å²) in [5, 5.41) is 9.00. The molecule has 82 valence electrons. The van der Waals surface area contributed by atoms with Crippen LogP contribution in [0.3, 0.4) is 0 Å². The van der Waals surface area contributed by atoms with E-state index in [9.17, 15) is 9.59 Å². The van der Waals surface area contributed by atoms with Gasteiger partial charge in [0.25, 0.3) is 0 Å². The van der Waals surface area contributed by atoms with Crippen LogP contribution in [0, 0.1) is 18.3 Å². The Morgan fingerprint density at radius 3 is 2.80 bits per heavy atom. The topological polar surface area (TPSA) is 57.6 Å². The Labute approximate surface area is 89.3 Å². The lowest BCUT2D eigenvalue weighted by atomic mass is 9.92. The lowest BCUT2D eigenvalue weighted by molar-refractivity contribution is -0.152. The van der Waals surface area contributed by atoms with Gasteiger partial charge in [0.1, 0.15) is 6.04 Å². The number of carbonyl (C=O) groups excluding carboxylic acids is 1. The van der Waals surface area contributed by atoms with Crippen molar-refractivity contribution in [2.75, 3.05) is 6.54 Å². The third-order valence-corrected chi connectivity index (χ3v) is 2.72. The van der Waals surface area contributed by atoms with Crippen molar-refractivity contribution in [2.24, 2.45) is 5.92 Å². The lowest BCUT2D eigenvalue weighted by Crippen LogP contribution is -2.49. The molecule has 0 saturated carbocycles. The van der Waals surface area contributed by atoms with Crippen molar-refractivity contribution in [3.63, 3.8) is 0 Å². The number of likely N-dealkylation sites (tertiary alicyclic amines) is 1. The van der Waals surface area contributed by atoms with Crippen LogP contribution in [0.5, 0.6) is 0 Å². The largest absolute Gasteiger partial charge is 0.480 e. The van der Waals surface area contributed by atoms with E-state index >= 15 is 0 Å². The first kappa shape index (κ1) is 11.6. The van der Waals surface area contributed by atoms with Crippen molar-refractivity contribution in [3.05, 3.63) is 0 Å². The summed E-state index contributed by atoms with van der Waals surface area (Å²) in [4.78, 5) is 23.9. The third-order valence-electron chi connectivity index (χ3n) is 2.72. The minimum absolute atomic E-state index is 0.0157. The number of hydrogen-bond donors (Lipinski definition) is 1. The molecule has 1 heterocycles. The number of carbonyl (C=O) groups is 2. The van der Waals surface area contributed by atoms with Crippen molar-refractivity contribution < 1.29 is 14.7 Å². The third kappa shape index (κ3) is 2.72. The summed E-state index contributed by atoms with van der Waals surface area (Å²) < 4.78 is 0. The van der Waals surface area contributed by atoms with Crippen molar-refractivity contribution in [1.82, 2.24) is 4.90 Å². The molecular formula is C11H15NO3. The average molecular weight is 209 g/mol. The van der Waals surface area contributed by atoms with Gasteiger partial charge in [-0.05, 0) is 18.8 Å². The van der Waals surface area contributed by atoms with Gasteiger partial charge in [0.2, 0.25) is 5.91 Å². The lowest BCUT2D eigenvalue weighted by Gasteiger charge is -2.35. The molecule has 4 heteroatoms. The molecule has 1 fully saturated rings. The Kier molecular flexibility index (Phi) is 3.73. The van der Waals surface area contributed by atoms with E-state index in [0.29, 0.717) is 18.9 Å². The van der Waals surface area contributed by atoms with E-state index in [2.05, 4.69) is 5.92 Å². The number of piperidine rings is 1. The molecule has 0 bridgehead atoms. The molecule has 2 atom stereocenters. The smallest absolute Gasteiger partial charge is 0.326 e. The number of aliphatic carboxylic acids is 1. The number of carboxylic acids is 1. The predicted molar refractivity (Wildman–Crippen MR) is 55.0 cm³/mol. The van der Waals surface area contributed by atoms with Crippen LogP contribution in [0.2, 0.25) is 0 Å². The van der Waals surface area contributed by atoms with E-state index < -0.39 is 12.0 Å². The van der Waals surface area contributed by atoms with Crippen molar-refractivity contribution in [3.8, 4) is 12.3 Å². The standard InChI is InChI=1S/C11H15NO3/c1-3-4-10(13)12-6-5-8(2)7-9(12)11(14)15/h1,8-9H,4-7H2,2H3,(H,14,15). The van der Waals surface area contributed by atoms with Gasteiger partial charge in [-0.15, -0.1) is 6.42 Å². The van der Waals surface area contributed by atoms with Crippen LogP contribution in [0.1, 0.15) is 26.2 Å². The zero-order valence-corrected chi connectivity index (χ0v) is 8.77. The zero-order valence-electron chi connectivity index (χ0n) is 8.77. The van der Waals surface area contributed by atoms with Crippen LogP contribution in [0.15, 0.2) is 0 Å². The number of carboxylic acid groups (broad SMARTS) is 1. The molecule has 1 amide bonds. The Hall–Kier alpha value is -1.50. The summed E-state index contributed by atoms with van der Waals surface area (Å²) in [6.45, 7) is 2.50. The summed E-state index contributed by atoms with van der Waals surface area (Å²) in [6, 6.07) is -0.699. The summed E-state index contributed by atoms with van der Waals surface area (Å²) in [7, 11) is 0. The molecule has 0 aromatic heterocycles. The minimum atomic E-state index is -0.938. The molecule has 15 heavy (non-hydrogen) atoms. The fourth-order valence-corrected chi connectivity index (χ4v) is 1.86. The Morgan fingerprint density at radius 2 is 2.27 bits per heavy atom. The highest BCUT2D eigenvalue weighted by Crippen LogP contribution is 2.23. The SMILES string of the molecule is C#CCC(=O)N1CCC(C)CC1C(=O)O. The first-order valence-corrected chi connectivity index (χ1v) is 5.02. The first-order chi connectivity index (χ1) is 7.06. The van der Waals surface area contributed by atoms with Gasteiger partial charge in [-0.1, -0.05) is 12.8 Å². The monoisotopic (exact) mass is 209 g/mol. The molecule has 4 nitrogen and oxygen atoms in total. The van der Waals surface area contributed by atoms with Crippen LogP contribution in [-0.4, -0.2) is 34.5 Å². The van der Waals surface area contributed by atoms with E-state index in [1.54, 1.807) is 0 Å². The molecule has 0 aromatic carbocycles. The summed E-state index contributed by atoms with van der Waals surface area (Å²) >= 11 is 0. The van der Waals surface area contributed by atoms with E-state index in [1.807, 2.05) is 6.92 Å². The van der Waals surface area contributed by atoms with Crippen LogP contribution < -0.4 is 0 Å². The zero-order chi connectivity index (χ0) is 11.4. The molecule has 0 spiro atoms. The molecule has 0 radical (unpaired) electrons. The molecule has 2 unspecified atom stereocenters. The van der Waals surface area contributed by atoms with Crippen LogP contribution in [0.25, 0.3) is 0 Å². The maximum atomic E-state index is 11.5. The highest BCUT2D eigenvalue weighted by molar-refractivity contribution is 5.85. The van der Waals surface area contributed by atoms with Crippen LogP contribution >= 0.6 is 0 Å². The van der Waals surface area contributed by atoms with Crippen molar-refractivity contribution >= 4 is 11.9 Å². The van der Waals surface area contributed by atoms with Gasteiger partial charge in [0.05, 0.1) is 6.42 Å². The molecule has 1 N–H and O–H groups in total. The number of hydrogen-bond acceptors (Lipinski definition) is 2. The van der Waals surface area contributed by atoms with Gasteiger partial charge in [0.15, 0.2) is 0 Å². The first-order valence-electron chi connectivity index (χ1n) is 5.02. The van der Waals surface area contributed by atoms with E-state index in [0.717, 1.165) is 6.42 Å². The number of rotatable bonds is 2. The van der Waals surface area contributed by atoms with Gasteiger partial charge in [-0.2, -0.15) is 0 Å². The second-order valence-electron chi connectivity index (χ2n) is 3.95. The van der Waals surface area contributed by atoms with Crippen LogP contribution in [0.4, 0.5) is 0 Å². The molecule has 1 saturated heterocycles. The maximum Gasteiger partial charge on any atom is 0.326 e. The van der Waals surface area contributed by atoms with Gasteiger partial charge < -0.3 is 10.0 Å². The number of amides is 1. The van der Waals surface area contributed by atoms with Gasteiger partial charge in [-0.25, -0.2) is 4.79 Å². The second kappa shape index (κ2) is 4.83. The summed E-state index contributed by atoms with van der Waals surface area (Å²) in [5.41, 5.74) is 0. The minimum Gasteiger partial charge on any atom is -0.480 e. The molecular weight excluding hydrogens is 194 g/mol. The van der Waals surface area contributed by atoms with E-state index in [1.165, 1.54) is 4.90 Å². The Bertz CT molecular complexity index is 305. The van der Waals surface area contributed by atoms with Crippen molar-refractivity contribution in [2.45, 2.75) is 32.2 Å². The fraction of sp³-hybridized carbons (Fsp3) is 0.636. The Morgan fingerprint density at radius 1 is 1.60 bits per heavy atom. The number of terminal acetylenes is 1. The maximum absolute atomic E-state index is 11.5. The molecule has 0 aliphatic carbocycles. The number of nitrogens with zero attached hydrogens (tertiary/aromatic N) is 1. The predicted octanol–water partition coefficient (Wildman–Crippen LogP) is 0.721. The molecule has 1 aliphatic heterocycles. The van der Waals surface area contributed by atoms with E-state index in [-0.39, 0.29) is 12.3 Å². The van der Waals surface area contributed by atoms with Gasteiger partial charge in [-0.3, -0.25) is 4.79 Å². The Balaban J connectivity index is 2.73. The highest BCUT2D eigenvalue weighted by atomic mass is 16.4. The second-order valence-corrected chi connectivity index (χ2v) is 3.95. The normalized spacial score (nSPS) is 25.7. The highest BCUT2D eigenvalue weighted by Gasteiger charge is 2.34. The van der Waals surface area contributed by atoms with Gasteiger partial charge >= 0.3 is 5.97 Å². The van der Waals surface area contributed by atoms with E-state index in [4.69, 9.17) is 11.5 Å². The summed E-state index contributed by atoms with van der Waals surface area (Å²) in [6.07, 6.45) is 6.39. The molecule has 0 aromatic rings. The molecule has 1 rings (SSSR count). The fourth-order valence-electron chi connectivity index (χ4n) is 1.86. The van der Waals surface area contributed by atoms with Gasteiger partial charge in [0, 0.05) is 6.54 Å². The average Bonchev–Trinajstić information content (AvgIpc) is 2.17. The molecule has 1 aliphatic rings. The summed E-state index contributed by atoms with van der Waals surface area (Å²) in [5.74, 6) is 1.41.